The summed E-state index contributed by atoms with van der Waals surface area (Å²) in [5, 5.41) is 9.48. The first kappa shape index (κ1) is 14.9. The number of nitrogens with zero attached hydrogens (tertiary/aromatic N) is 1. The van der Waals surface area contributed by atoms with Crippen molar-refractivity contribution in [2.45, 2.75) is 25.3 Å². The lowest BCUT2D eigenvalue weighted by Crippen LogP contribution is -2.43. The summed E-state index contributed by atoms with van der Waals surface area (Å²) in [7, 11) is 0. The van der Waals surface area contributed by atoms with Crippen LogP contribution >= 0.6 is 11.8 Å². The van der Waals surface area contributed by atoms with Gasteiger partial charge in [0.05, 0.1) is 0 Å². The Morgan fingerprint density at radius 1 is 1.40 bits per heavy atom. The highest BCUT2D eigenvalue weighted by molar-refractivity contribution is 7.98. The number of carboxylic acids is 1. The van der Waals surface area contributed by atoms with Crippen molar-refractivity contribution >= 4 is 23.6 Å². The van der Waals surface area contributed by atoms with E-state index in [1.807, 2.05) is 30.5 Å². The number of carbonyl (C=O) groups is 2. The summed E-state index contributed by atoms with van der Waals surface area (Å²) in [4.78, 5) is 25.3. The summed E-state index contributed by atoms with van der Waals surface area (Å²) in [5.74, 6) is -0.0789. The molecule has 1 aromatic rings. The van der Waals surface area contributed by atoms with Crippen molar-refractivity contribution in [2.75, 3.05) is 18.6 Å². The molecule has 1 amide bonds. The smallest absolute Gasteiger partial charge is 0.331 e. The summed E-state index contributed by atoms with van der Waals surface area (Å²) in [6.07, 6.45) is 3.95. The molecule has 0 fully saturated rings. The minimum absolute atomic E-state index is 0.0547. The van der Waals surface area contributed by atoms with E-state index in [-0.39, 0.29) is 5.91 Å². The van der Waals surface area contributed by atoms with Gasteiger partial charge in [0.1, 0.15) is 0 Å². The third-order valence-corrected chi connectivity index (χ3v) is 4.27. The second-order valence-corrected chi connectivity index (χ2v) is 5.86. The van der Waals surface area contributed by atoms with Gasteiger partial charge in [-0.15, -0.1) is 0 Å². The van der Waals surface area contributed by atoms with Crippen molar-refractivity contribution in [3.05, 3.63) is 35.4 Å². The molecule has 0 saturated heterocycles. The maximum Gasteiger partial charge on any atom is 0.331 e. The molecule has 1 aromatic carbocycles. The lowest BCUT2D eigenvalue weighted by atomic mass is 9.92. The standard InChI is InChI=1S/C15H19NO3S/c1-20-10-4-7-13(17)16-9-8-11-5-2-3-6-12(11)14(16)15(18)19/h2-3,5-6,14H,4,7-10H2,1H3,(H,18,19). The van der Waals surface area contributed by atoms with E-state index in [1.54, 1.807) is 11.8 Å². The Balaban J connectivity index is 2.18. The van der Waals surface area contributed by atoms with Gasteiger partial charge in [0, 0.05) is 13.0 Å². The second-order valence-electron chi connectivity index (χ2n) is 4.87. The van der Waals surface area contributed by atoms with Gasteiger partial charge in [0.2, 0.25) is 5.91 Å². The fourth-order valence-electron chi connectivity index (χ4n) is 2.61. The number of fused-ring (bicyclic) bond motifs is 1. The second kappa shape index (κ2) is 6.79. The van der Waals surface area contributed by atoms with Crippen molar-refractivity contribution in [2.24, 2.45) is 0 Å². The predicted molar refractivity (Wildman–Crippen MR) is 79.9 cm³/mol. The number of carbonyl (C=O) groups excluding carboxylic acids is 1. The van der Waals surface area contributed by atoms with Gasteiger partial charge in [-0.05, 0) is 36.0 Å². The Hall–Kier alpha value is -1.49. The average Bonchev–Trinajstić information content (AvgIpc) is 2.45. The zero-order valence-electron chi connectivity index (χ0n) is 11.5. The van der Waals surface area contributed by atoms with Crippen molar-refractivity contribution < 1.29 is 14.7 Å². The number of rotatable bonds is 5. The number of thioether (sulfide) groups is 1. The lowest BCUT2D eigenvalue weighted by molar-refractivity contribution is -0.151. The average molecular weight is 293 g/mol. The van der Waals surface area contributed by atoms with E-state index < -0.39 is 12.0 Å². The molecule has 0 spiro atoms. The monoisotopic (exact) mass is 293 g/mol. The number of aliphatic carboxylic acids is 1. The highest BCUT2D eigenvalue weighted by Gasteiger charge is 2.35. The first-order valence-electron chi connectivity index (χ1n) is 6.74. The molecule has 1 unspecified atom stereocenters. The van der Waals surface area contributed by atoms with Crippen molar-refractivity contribution in [3.8, 4) is 0 Å². The molecule has 0 aliphatic carbocycles. The maximum atomic E-state index is 12.3. The molecule has 4 nitrogen and oxygen atoms in total. The molecule has 0 bridgehead atoms. The van der Waals surface area contributed by atoms with E-state index in [9.17, 15) is 14.7 Å². The van der Waals surface area contributed by atoms with Crippen LogP contribution in [-0.2, 0) is 16.0 Å². The van der Waals surface area contributed by atoms with Gasteiger partial charge in [0.25, 0.3) is 0 Å². The fourth-order valence-corrected chi connectivity index (χ4v) is 3.05. The molecule has 20 heavy (non-hydrogen) atoms. The highest BCUT2D eigenvalue weighted by Crippen LogP contribution is 2.30. The van der Waals surface area contributed by atoms with E-state index in [4.69, 9.17) is 0 Å². The van der Waals surface area contributed by atoms with Gasteiger partial charge in [-0.1, -0.05) is 24.3 Å². The highest BCUT2D eigenvalue weighted by atomic mass is 32.2. The van der Waals surface area contributed by atoms with Crippen LogP contribution in [0.4, 0.5) is 0 Å². The van der Waals surface area contributed by atoms with Crippen LogP contribution in [0.15, 0.2) is 24.3 Å². The van der Waals surface area contributed by atoms with Gasteiger partial charge < -0.3 is 10.0 Å². The molecule has 5 heteroatoms. The first-order chi connectivity index (χ1) is 9.65. The number of benzene rings is 1. The van der Waals surface area contributed by atoms with Crippen molar-refractivity contribution in [1.82, 2.24) is 4.90 Å². The molecule has 1 aliphatic heterocycles. The first-order valence-corrected chi connectivity index (χ1v) is 8.13. The van der Waals surface area contributed by atoms with E-state index in [2.05, 4.69) is 0 Å². The summed E-state index contributed by atoms with van der Waals surface area (Å²) in [6.45, 7) is 0.492. The van der Waals surface area contributed by atoms with Gasteiger partial charge in [-0.25, -0.2) is 4.79 Å². The molecular weight excluding hydrogens is 274 g/mol. The Kier molecular flexibility index (Phi) is 5.06. The largest absolute Gasteiger partial charge is 0.479 e. The summed E-state index contributed by atoms with van der Waals surface area (Å²) >= 11 is 1.70. The van der Waals surface area contributed by atoms with Crippen LogP contribution in [0.2, 0.25) is 0 Å². The molecule has 1 aliphatic rings. The number of carboxylic acid groups (broad SMARTS) is 1. The molecule has 0 aromatic heterocycles. The Morgan fingerprint density at radius 3 is 2.85 bits per heavy atom. The summed E-state index contributed by atoms with van der Waals surface area (Å²) in [6, 6.07) is 6.67. The van der Waals surface area contributed by atoms with Crippen LogP contribution < -0.4 is 0 Å². The summed E-state index contributed by atoms with van der Waals surface area (Å²) < 4.78 is 0. The normalized spacial score (nSPS) is 17.6. The third kappa shape index (κ3) is 3.15. The van der Waals surface area contributed by atoms with E-state index >= 15 is 0 Å². The van der Waals surface area contributed by atoms with Crippen molar-refractivity contribution in [1.29, 1.82) is 0 Å². The topological polar surface area (TPSA) is 57.6 Å². The van der Waals surface area contributed by atoms with Gasteiger partial charge in [-0.2, -0.15) is 11.8 Å². The van der Waals surface area contributed by atoms with Crippen LogP contribution in [-0.4, -0.2) is 40.4 Å². The van der Waals surface area contributed by atoms with Gasteiger partial charge in [-0.3, -0.25) is 4.79 Å². The van der Waals surface area contributed by atoms with Crippen LogP contribution in [0.25, 0.3) is 0 Å². The number of amides is 1. The predicted octanol–water partition coefficient (Wildman–Crippen LogP) is 2.34. The zero-order valence-corrected chi connectivity index (χ0v) is 12.4. The molecule has 1 N–H and O–H groups in total. The van der Waals surface area contributed by atoms with Crippen molar-refractivity contribution in [3.63, 3.8) is 0 Å². The van der Waals surface area contributed by atoms with Crippen LogP contribution in [0.3, 0.4) is 0 Å². The minimum atomic E-state index is -0.949. The zero-order chi connectivity index (χ0) is 14.5. The third-order valence-electron chi connectivity index (χ3n) is 3.58. The molecule has 1 heterocycles. The van der Waals surface area contributed by atoms with Crippen LogP contribution in [0, 0.1) is 0 Å². The van der Waals surface area contributed by atoms with Gasteiger partial charge >= 0.3 is 5.97 Å². The van der Waals surface area contributed by atoms with Crippen LogP contribution in [0.5, 0.6) is 0 Å². The van der Waals surface area contributed by atoms with Gasteiger partial charge in [0.15, 0.2) is 6.04 Å². The van der Waals surface area contributed by atoms with E-state index in [1.165, 1.54) is 4.90 Å². The molecule has 1 atom stereocenters. The minimum Gasteiger partial charge on any atom is -0.479 e. The summed E-state index contributed by atoms with van der Waals surface area (Å²) in [5.41, 5.74) is 1.79. The Labute approximate surface area is 123 Å². The number of hydrogen-bond acceptors (Lipinski definition) is 3. The quantitative estimate of drug-likeness (QED) is 0.847. The fraction of sp³-hybridized carbons (Fsp3) is 0.467. The van der Waals surface area contributed by atoms with E-state index in [0.29, 0.717) is 13.0 Å². The molecule has 2 rings (SSSR count). The number of hydrogen-bond donors (Lipinski definition) is 1. The van der Waals surface area contributed by atoms with Crippen LogP contribution in [0.1, 0.15) is 30.0 Å². The van der Waals surface area contributed by atoms with E-state index in [0.717, 1.165) is 29.7 Å². The molecular formula is C15H19NO3S. The lowest BCUT2D eigenvalue weighted by Gasteiger charge is -2.34. The molecule has 108 valence electrons. The molecule has 0 saturated carbocycles. The SMILES string of the molecule is CSCCCC(=O)N1CCc2ccccc2C1C(=O)O. The Bertz CT molecular complexity index is 504. The maximum absolute atomic E-state index is 12.3. The Morgan fingerprint density at radius 2 is 2.15 bits per heavy atom. The molecule has 0 radical (unpaired) electrons.